The summed E-state index contributed by atoms with van der Waals surface area (Å²) in [4.78, 5) is 16.6. The molecule has 1 aromatic heterocycles. The van der Waals surface area contributed by atoms with Crippen LogP contribution in [0, 0.1) is 6.92 Å². The SMILES string of the molecule is Cc1cccc2cc(/C=C/C(=O)c3cccc(N)c3)c(Cl)nc12. The highest BCUT2D eigenvalue weighted by atomic mass is 35.5. The molecule has 2 aromatic carbocycles. The highest BCUT2D eigenvalue weighted by molar-refractivity contribution is 6.31. The molecule has 23 heavy (non-hydrogen) atoms. The number of para-hydroxylation sites is 1. The van der Waals surface area contributed by atoms with Gasteiger partial charge in [-0.25, -0.2) is 4.98 Å². The average molecular weight is 323 g/mol. The van der Waals surface area contributed by atoms with Gasteiger partial charge in [0.25, 0.3) is 0 Å². The summed E-state index contributed by atoms with van der Waals surface area (Å²) in [5.41, 5.74) is 9.45. The van der Waals surface area contributed by atoms with Crippen molar-refractivity contribution in [3.8, 4) is 0 Å². The van der Waals surface area contributed by atoms with Crippen molar-refractivity contribution in [2.45, 2.75) is 6.92 Å². The van der Waals surface area contributed by atoms with E-state index in [4.69, 9.17) is 17.3 Å². The first kappa shape index (κ1) is 15.3. The number of nitrogens with zero attached hydrogens (tertiary/aromatic N) is 1. The molecule has 0 spiro atoms. The molecule has 0 amide bonds. The van der Waals surface area contributed by atoms with Crippen LogP contribution in [0.15, 0.2) is 54.6 Å². The molecule has 1 heterocycles. The molecule has 0 aliphatic carbocycles. The number of carbonyl (C=O) groups excluding carboxylic acids is 1. The number of benzene rings is 2. The van der Waals surface area contributed by atoms with Gasteiger partial charge in [-0.05, 0) is 42.8 Å². The molecular formula is C19H15ClN2O. The molecule has 114 valence electrons. The third-order valence-electron chi connectivity index (χ3n) is 3.61. The number of pyridine rings is 1. The Labute approximate surface area is 139 Å². The van der Waals surface area contributed by atoms with Crippen LogP contribution in [0.4, 0.5) is 5.69 Å². The summed E-state index contributed by atoms with van der Waals surface area (Å²) in [6.45, 7) is 1.99. The van der Waals surface area contributed by atoms with Crippen LogP contribution in [0.2, 0.25) is 5.15 Å². The highest BCUT2D eigenvalue weighted by Crippen LogP contribution is 2.24. The Morgan fingerprint density at radius 3 is 2.74 bits per heavy atom. The number of ketones is 1. The molecule has 3 aromatic rings. The van der Waals surface area contributed by atoms with Gasteiger partial charge in [-0.15, -0.1) is 0 Å². The Morgan fingerprint density at radius 2 is 1.96 bits per heavy atom. The second-order valence-electron chi connectivity index (χ2n) is 5.34. The molecule has 0 radical (unpaired) electrons. The van der Waals surface area contributed by atoms with Crippen molar-refractivity contribution in [3.63, 3.8) is 0 Å². The normalized spacial score (nSPS) is 11.2. The Bertz CT molecular complexity index is 932. The number of nitrogens with two attached hydrogens (primary N) is 1. The Hall–Kier alpha value is -2.65. The van der Waals surface area contributed by atoms with Crippen LogP contribution >= 0.6 is 11.6 Å². The van der Waals surface area contributed by atoms with Gasteiger partial charge in [0.05, 0.1) is 5.52 Å². The molecule has 0 saturated heterocycles. The number of hydrogen-bond donors (Lipinski definition) is 1. The standard InChI is InChI=1S/C19H15ClN2O/c1-12-4-2-6-14-10-15(19(20)22-18(12)14)8-9-17(23)13-5-3-7-16(21)11-13/h2-11H,21H2,1H3/b9-8+. The quantitative estimate of drug-likeness (QED) is 0.330. The van der Waals surface area contributed by atoms with Crippen molar-refractivity contribution in [2.24, 2.45) is 0 Å². The van der Waals surface area contributed by atoms with Gasteiger partial charge in [-0.2, -0.15) is 0 Å². The Kier molecular flexibility index (Phi) is 4.13. The minimum absolute atomic E-state index is 0.127. The zero-order chi connectivity index (χ0) is 16.4. The fourth-order valence-electron chi connectivity index (χ4n) is 2.41. The summed E-state index contributed by atoms with van der Waals surface area (Å²) < 4.78 is 0. The number of aromatic nitrogens is 1. The molecule has 0 aliphatic rings. The summed E-state index contributed by atoms with van der Waals surface area (Å²) >= 11 is 6.24. The summed E-state index contributed by atoms with van der Waals surface area (Å²) in [5.74, 6) is -0.127. The van der Waals surface area contributed by atoms with E-state index in [9.17, 15) is 4.79 Å². The number of aryl methyl sites for hydroxylation is 1. The van der Waals surface area contributed by atoms with Gasteiger partial charge in [-0.1, -0.05) is 41.9 Å². The summed E-state index contributed by atoms with van der Waals surface area (Å²) in [5, 5.41) is 1.37. The van der Waals surface area contributed by atoms with Crippen LogP contribution in [-0.4, -0.2) is 10.8 Å². The smallest absolute Gasteiger partial charge is 0.185 e. The second kappa shape index (κ2) is 6.23. The monoisotopic (exact) mass is 322 g/mol. The lowest BCUT2D eigenvalue weighted by Crippen LogP contribution is -1.96. The van der Waals surface area contributed by atoms with E-state index in [0.717, 1.165) is 16.5 Å². The third-order valence-corrected chi connectivity index (χ3v) is 3.92. The van der Waals surface area contributed by atoms with Gasteiger partial charge in [0.1, 0.15) is 5.15 Å². The van der Waals surface area contributed by atoms with Crippen molar-refractivity contribution in [3.05, 3.63) is 76.5 Å². The summed E-state index contributed by atoms with van der Waals surface area (Å²) in [6.07, 6.45) is 3.17. The summed E-state index contributed by atoms with van der Waals surface area (Å²) in [7, 11) is 0. The molecule has 0 unspecified atom stereocenters. The molecular weight excluding hydrogens is 308 g/mol. The number of fused-ring (bicyclic) bond motifs is 1. The van der Waals surface area contributed by atoms with Crippen LogP contribution in [-0.2, 0) is 0 Å². The lowest BCUT2D eigenvalue weighted by atomic mass is 10.1. The molecule has 0 saturated carbocycles. The maximum absolute atomic E-state index is 12.2. The molecule has 0 fully saturated rings. The molecule has 4 heteroatoms. The minimum atomic E-state index is -0.127. The largest absolute Gasteiger partial charge is 0.399 e. The molecule has 2 N–H and O–H groups in total. The van der Waals surface area contributed by atoms with Crippen LogP contribution in [0.25, 0.3) is 17.0 Å². The van der Waals surface area contributed by atoms with E-state index in [0.29, 0.717) is 22.0 Å². The van der Waals surface area contributed by atoms with Crippen molar-refractivity contribution in [2.75, 3.05) is 5.73 Å². The van der Waals surface area contributed by atoms with Gasteiger partial charge in [0.2, 0.25) is 0 Å². The predicted octanol–water partition coefficient (Wildman–Crippen LogP) is 4.67. The van der Waals surface area contributed by atoms with E-state index in [1.807, 2.05) is 31.2 Å². The lowest BCUT2D eigenvalue weighted by Gasteiger charge is -2.04. The van der Waals surface area contributed by atoms with Crippen molar-refractivity contribution < 1.29 is 4.79 Å². The average Bonchev–Trinajstić information content (AvgIpc) is 2.53. The molecule has 0 atom stereocenters. The maximum atomic E-state index is 12.2. The van der Waals surface area contributed by atoms with Gasteiger partial charge in [0, 0.05) is 22.2 Å². The van der Waals surface area contributed by atoms with Crippen LogP contribution in [0.1, 0.15) is 21.5 Å². The van der Waals surface area contributed by atoms with Crippen LogP contribution in [0.3, 0.4) is 0 Å². The van der Waals surface area contributed by atoms with Crippen molar-refractivity contribution in [1.29, 1.82) is 0 Å². The Morgan fingerprint density at radius 1 is 1.17 bits per heavy atom. The van der Waals surface area contributed by atoms with E-state index in [1.165, 1.54) is 6.08 Å². The molecule has 3 nitrogen and oxygen atoms in total. The van der Waals surface area contributed by atoms with E-state index >= 15 is 0 Å². The molecule has 0 aliphatic heterocycles. The fourth-order valence-corrected chi connectivity index (χ4v) is 2.61. The zero-order valence-corrected chi connectivity index (χ0v) is 13.3. The van der Waals surface area contributed by atoms with E-state index in [2.05, 4.69) is 4.98 Å². The number of carbonyl (C=O) groups is 1. The number of allylic oxidation sites excluding steroid dienone is 1. The zero-order valence-electron chi connectivity index (χ0n) is 12.6. The van der Waals surface area contributed by atoms with E-state index in [1.54, 1.807) is 30.3 Å². The lowest BCUT2D eigenvalue weighted by molar-refractivity contribution is 0.104. The van der Waals surface area contributed by atoms with Crippen LogP contribution in [0.5, 0.6) is 0 Å². The van der Waals surface area contributed by atoms with Crippen molar-refractivity contribution in [1.82, 2.24) is 4.98 Å². The van der Waals surface area contributed by atoms with Crippen molar-refractivity contribution >= 4 is 40.1 Å². The number of halogens is 1. The topological polar surface area (TPSA) is 56.0 Å². The predicted molar refractivity (Wildman–Crippen MR) is 95.7 cm³/mol. The molecule has 3 rings (SSSR count). The van der Waals surface area contributed by atoms with E-state index in [-0.39, 0.29) is 5.78 Å². The van der Waals surface area contributed by atoms with Gasteiger partial charge < -0.3 is 5.73 Å². The number of hydrogen-bond acceptors (Lipinski definition) is 3. The number of anilines is 1. The van der Waals surface area contributed by atoms with Gasteiger partial charge in [-0.3, -0.25) is 4.79 Å². The summed E-state index contributed by atoms with van der Waals surface area (Å²) in [6, 6.07) is 14.7. The first-order valence-electron chi connectivity index (χ1n) is 7.18. The van der Waals surface area contributed by atoms with Gasteiger partial charge >= 0.3 is 0 Å². The molecule has 0 bridgehead atoms. The first-order valence-corrected chi connectivity index (χ1v) is 7.56. The number of nitrogen functional groups attached to an aromatic ring is 1. The van der Waals surface area contributed by atoms with E-state index < -0.39 is 0 Å². The van der Waals surface area contributed by atoms with Crippen LogP contribution < -0.4 is 5.73 Å². The Balaban J connectivity index is 1.95. The fraction of sp³-hybridized carbons (Fsp3) is 0.0526. The highest BCUT2D eigenvalue weighted by Gasteiger charge is 2.06. The maximum Gasteiger partial charge on any atom is 0.185 e. The third kappa shape index (κ3) is 3.25. The van der Waals surface area contributed by atoms with Gasteiger partial charge in [0.15, 0.2) is 5.78 Å². The second-order valence-corrected chi connectivity index (χ2v) is 5.70. The number of rotatable bonds is 3. The first-order chi connectivity index (χ1) is 11.0. The minimum Gasteiger partial charge on any atom is -0.399 e.